The molecule has 0 aliphatic carbocycles. The van der Waals surface area contributed by atoms with Crippen LogP contribution in [-0.4, -0.2) is 58.7 Å². The molecule has 0 aromatic carbocycles. The van der Waals surface area contributed by atoms with E-state index < -0.39 is 0 Å². The van der Waals surface area contributed by atoms with Crippen molar-refractivity contribution in [1.29, 1.82) is 0 Å². The Bertz CT molecular complexity index is 777. The van der Waals surface area contributed by atoms with Crippen LogP contribution >= 0.6 is 22.9 Å². The number of hydrogen-bond acceptors (Lipinski definition) is 6. The SMILES string of the molecule is O=C(c1ccc(Cl)s1)N1CCC2(CC1)CN(c1ncccn1)CC2CO. The number of aromatic nitrogens is 2. The summed E-state index contributed by atoms with van der Waals surface area (Å²) < 4.78 is 0.636. The Labute approximate surface area is 161 Å². The number of nitrogens with zero attached hydrogens (tertiary/aromatic N) is 4. The number of amides is 1. The topological polar surface area (TPSA) is 69.6 Å². The molecule has 2 aromatic heterocycles. The Morgan fingerprint density at radius 1 is 1.31 bits per heavy atom. The minimum Gasteiger partial charge on any atom is -0.396 e. The van der Waals surface area contributed by atoms with Crippen LogP contribution in [0, 0.1) is 11.3 Å². The third-order valence-corrected chi connectivity index (χ3v) is 6.92. The molecule has 1 spiro atoms. The van der Waals surface area contributed by atoms with Gasteiger partial charge in [0.15, 0.2) is 0 Å². The Hall–Kier alpha value is -1.70. The van der Waals surface area contributed by atoms with E-state index in [9.17, 15) is 9.90 Å². The van der Waals surface area contributed by atoms with Crippen LogP contribution in [0.5, 0.6) is 0 Å². The van der Waals surface area contributed by atoms with Gasteiger partial charge in [-0.3, -0.25) is 4.79 Å². The number of halogens is 1. The number of carbonyl (C=O) groups excluding carboxylic acids is 1. The zero-order chi connectivity index (χ0) is 18.1. The molecule has 1 unspecified atom stereocenters. The minimum atomic E-state index is 0.0117. The van der Waals surface area contributed by atoms with Gasteiger partial charge < -0.3 is 14.9 Å². The van der Waals surface area contributed by atoms with Crippen molar-refractivity contribution < 1.29 is 9.90 Å². The van der Waals surface area contributed by atoms with Gasteiger partial charge in [0, 0.05) is 51.1 Å². The summed E-state index contributed by atoms with van der Waals surface area (Å²) in [5, 5.41) is 9.94. The van der Waals surface area contributed by atoms with Crippen LogP contribution in [-0.2, 0) is 0 Å². The predicted octanol–water partition coefficient (Wildman–Crippen LogP) is 2.54. The second-order valence-electron chi connectivity index (χ2n) is 7.07. The van der Waals surface area contributed by atoms with Crippen molar-refractivity contribution in [3.8, 4) is 0 Å². The molecule has 2 fully saturated rings. The van der Waals surface area contributed by atoms with Crippen LogP contribution in [0.25, 0.3) is 0 Å². The molecule has 4 heterocycles. The van der Waals surface area contributed by atoms with E-state index in [1.54, 1.807) is 30.6 Å². The lowest BCUT2D eigenvalue weighted by atomic mass is 9.71. The van der Waals surface area contributed by atoms with Crippen LogP contribution in [0.15, 0.2) is 30.6 Å². The van der Waals surface area contributed by atoms with Crippen molar-refractivity contribution in [3.63, 3.8) is 0 Å². The van der Waals surface area contributed by atoms with E-state index in [4.69, 9.17) is 11.6 Å². The van der Waals surface area contributed by atoms with Gasteiger partial charge in [-0.15, -0.1) is 11.3 Å². The Morgan fingerprint density at radius 2 is 2.04 bits per heavy atom. The van der Waals surface area contributed by atoms with Gasteiger partial charge in [0.2, 0.25) is 5.95 Å². The number of rotatable bonds is 3. The molecule has 2 aliphatic rings. The second-order valence-corrected chi connectivity index (χ2v) is 8.78. The molecule has 8 heteroatoms. The first-order valence-electron chi connectivity index (χ1n) is 8.79. The van der Waals surface area contributed by atoms with Crippen LogP contribution < -0.4 is 4.90 Å². The van der Waals surface area contributed by atoms with Gasteiger partial charge in [-0.2, -0.15) is 0 Å². The van der Waals surface area contributed by atoms with Crippen molar-refractivity contribution in [2.24, 2.45) is 11.3 Å². The summed E-state index contributed by atoms with van der Waals surface area (Å²) in [6, 6.07) is 5.36. The predicted molar refractivity (Wildman–Crippen MR) is 102 cm³/mol. The lowest BCUT2D eigenvalue weighted by molar-refractivity contribution is 0.0419. The number of thiophene rings is 1. The number of aliphatic hydroxyl groups is 1. The Balaban J connectivity index is 1.46. The molecule has 1 atom stereocenters. The van der Waals surface area contributed by atoms with Gasteiger partial charge in [0.05, 0.1) is 9.21 Å². The molecule has 2 aliphatic heterocycles. The normalized spacial score (nSPS) is 22.2. The molecule has 2 aromatic rings. The summed E-state index contributed by atoms with van der Waals surface area (Å²) >= 11 is 7.28. The molecule has 1 N–H and O–H groups in total. The lowest BCUT2D eigenvalue weighted by Gasteiger charge is -2.42. The van der Waals surface area contributed by atoms with Crippen molar-refractivity contribution >= 4 is 34.8 Å². The maximum absolute atomic E-state index is 12.7. The van der Waals surface area contributed by atoms with Gasteiger partial charge in [0.1, 0.15) is 0 Å². The molecule has 1 amide bonds. The molecular weight excluding hydrogens is 372 g/mol. The number of carbonyl (C=O) groups is 1. The third-order valence-electron chi connectivity index (χ3n) is 5.70. The van der Waals surface area contributed by atoms with E-state index in [0.717, 1.165) is 31.9 Å². The fraction of sp³-hybridized carbons (Fsp3) is 0.500. The average molecular weight is 393 g/mol. The minimum absolute atomic E-state index is 0.0117. The van der Waals surface area contributed by atoms with Gasteiger partial charge in [-0.25, -0.2) is 9.97 Å². The highest BCUT2D eigenvalue weighted by Crippen LogP contribution is 2.45. The highest BCUT2D eigenvalue weighted by Gasteiger charge is 2.48. The quantitative estimate of drug-likeness (QED) is 0.869. The first kappa shape index (κ1) is 17.7. The molecule has 6 nitrogen and oxygen atoms in total. The number of hydrogen-bond donors (Lipinski definition) is 1. The number of likely N-dealkylation sites (tertiary alicyclic amines) is 1. The molecular formula is C18H21ClN4O2S. The molecule has 4 rings (SSSR count). The lowest BCUT2D eigenvalue weighted by Crippen LogP contribution is -2.47. The average Bonchev–Trinajstić information content (AvgIpc) is 3.26. The first-order valence-corrected chi connectivity index (χ1v) is 9.98. The van der Waals surface area contributed by atoms with E-state index in [1.165, 1.54) is 11.3 Å². The summed E-state index contributed by atoms with van der Waals surface area (Å²) in [5.41, 5.74) is 0.0117. The van der Waals surface area contributed by atoms with Gasteiger partial charge in [-0.05, 0) is 36.5 Å². The van der Waals surface area contributed by atoms with Gasteiger partial charge in [0.25, 0.3) is 5.91 Å². The fourth-order valence-electron chi connectivity index (χ4n) is 4.20. The Kier molecular flexibility index (Phi) is 4.86. The standard InChI is InChI=1S/C18H21ClN4O2S/c19-15-3-2-14(26-15)16(25)22-8-4-18(5-9-22)12-23(10-13(18)11-24)17-20-6-1-7-21-17/h1-3,6-7,13,24H,4-5,8-12H2. The molecule has 0 saturated carbocycles. The van der Waals surface area contributed by atoms with Crippen LogP contribution in [0.4, 0.5) is 5.95 Å². The number of anilines is 1. The van der Waals surface area contributed by atoms with E-state index >= 15 is 0 Å². The monoisotopic (exact) mass is 392 g/mol. The van der Waals surface area contributed by atoms with Crippen LogP contribution in [0.2, 0.25) is 4.34 Å². The fourth-order valence-corrected chi connectivity index (χ4v) is 5.21. The zero-order valence-electron chi connectivity index (χ0n) is 14.3. The molecule has 2 saturated heterocycles. The van der Waals surface area contributed by atoms with Crippen molar-refractivity contribution in [2.45, 2.75) is 12.8 Å². The van der Waals surface area contributed by atoms with E-state index in [1.807, 2.05) is 4.90 Å². The summed E-state index contributed by atoms with van der Waals surface area (Å²) in [7, 11) is 0. The third kappa shape index (κ3) is 3.19. The summed E-state index contributed by atoms with van der Waals surface area (Å²) in [6.45, 7) is 3.14. The number of piperidine rings is 1. The number of aliphatic hydroxyl groups excluding tert-OH is 1. The summed E-state index contributed by atoms with van der Waals surface area (Å²) in [6.07, 6.45) is 5.25. The molecule has 0 bridgehead atoms. The van der Waals surface area contributed by atoms with Crippen molar-refractivity contribution in [3.05, 3.63) is 39.8 Å². The van der Waals surface area contributed by atoms with E-state index in [2.05, 4.69) is 14.9 Å². The Morgan fingerprint density at radius 3 is 2.65 bits per heavy atom. The van der Waals surface area contributed by atoms with Gasteiger partial charge in [-0.1, -0.05) is 11.6 Å². The van der Waals surface area contributed by atoms with E-state index in [0.29, 0.717) is 22.3 Å². The van der Waals surface area contributed by atoms with Crippen LogP contribution in [0.3, 0.4) is 0 Å². The maximum atomic E-state index is 12.7. The largest absolute Gasteiger partial charge is 0.396 e. The van der Waals surface area contributed by atoms with Gasteiger partial charge >= 0.3 is 0 Å². The maximum Gasteiger partial charge on any atom is 0.263 e. The molecule has 26 heavy (non-hydrogen) atoms. The van der Waals surface area contributed by atoms with E-state index in [-0.39, 0.29) is 23.8 Å². The summed E-state index contributed by atoms with van der Waals surface area (Å²) in [4.78, 5) is 26.1. The smallest absolute Gasteiger partial charge is 0.263 e. The van der Waals surface area contributed by atoms with Crippen molar-refractivity contribution in [2.75, 3.05) is 37.7 Å². The van der Waals surface area contributed by atoms with Crippen LogP contribution in [0.1, 0.15) is 22.5 Å². The van der Waals surface area contributed by atoms with Crippen molar-refractivity contribution in [1.82, 2.24) is 14.9 Å². The summed E-state index contributed by atoms with van der Waals surface area (Å²) in [5.74, 6) is 0.952. The second kappa shape index (κ2) is 7.13. The first-order chi connectivity index (χ1) is 12.6. The highest BCUT2D eigenvalue weighted by atomic mass is 35.5. The highest BCUT2D eigenvalue weighted by molar-refractivity contribution is 7.17. The molecule has 0 radical (unpaired) electrons. The zero-order valence-corrected chi connectivity index (χ0v) is 15.9. The molecule has 138 valence electrons.